The molecular formula is C19H12OSe2. The Bertz CT molecular complexity index is 1020. The van der Waals surface area contributed by atoms with Crippen LogP contribution in [0.1, 0.15) is 0 Å². The summed E-state index contributed by atoms with van der Waals surface area (Å²) in [4.78, 5) is 12.9. The van der Waals surface area contributed by atoms with Crippen molar-refractivity contribution in [2.45, 2.75) is 0 Å². The molecule has 0 aliphatic heterocycles. The molecule has 1 heterocycles. The molecule has 1 aromatic heterocycles. The van der Waals surface area contributed by atoms with Gasteiger partial charge in [0, 0.05) is 0 Å². The Kier molecular flexibility index (Phi) is 3.73. The predicted molar refractivity (Wildman–Crippen MR) is 96.1 cm³/mol. The summed E-state index contributed by atoms with van der Waals surface area (Å²) in [5, 5.41) is 1.86. The van der Waals surface area contributed by atoms with Crippen molar-refractivity contribution in [1.29, 1.82) is 0 Å². The Hall–Kier alpha value is -1.63. The monoisotopic (exact) mass is 416 g/mol. The molecule has 0 atom stereocenters. The summed E-state index contributed by atoms with van der Waals surface area (Å²) >= 11 is 0.396. The number of rotatable bonds is 2. The SMILES string of the molecule is O=c1c2ccccc2[se]c2cccc([Se]c3ccccc3)c12. The first-order chi connectivity index (χ1) is 10.8. The molecule has 0 saturated carbocycles. The van der Waals surface area contributed by atoms with E-state index in [1.54, 1.807) is 0 Å². The van der Waals surface area contributed by atoms with Gasteiger partial charge in [0.25, 0.3) is 0 Å². The third-order valence-corrected chi connectivity index (χ3v) is 8.16. The molecule has 3 heteroatoms. The van der Waals surface area contributed by atoms with Crippen LogP contribution in [0.4, 0.5) is 0 Å². The Morgan fingerprint density at radius 3 is 2.32 bits per heavy atom. The van der Waals surface area contributed by atoms with Crippen LogP contribution in [0, 0.1) is 0 Å². The van der Waals surface area contributed by atoms with Crippen molar-refractivity contribution in [3.63, 3.8) is 0 Å². The average Bonchev–Trinajstić information content (AvgIpc) is 2.56. The van der Waals surface area contributed by atoms with Gasteiger partial charge in [-0.15, -0.1) is 0 Å². The van der Waals surface area contributed by atoms with Gasteiger partial charge in [-0.3, -0.25) is 0 Å². The first-order valence-electron chi connectivity index (χ1n) is 7.00. The Morgan fingerprint density at radius 2 is 1.45 bits per heavy atom. The second-order valence-corrected chi connectivity index (χ2v) is 9.59. The standard InChI is InChI=1S/C19H12OSe2/c20-19-14-9-4-5-10-15(14)22-17-12-6-11-16(18(17)19)21-13-7-2-1-3-8-13/h1-12H. The third-order valence-electron chi connectivity index (χ3n) is 3.54. The van der Waals surface area contributed by atoms with Crippen LogP contribution < -0.4 is 14.4 Å². The van der Waals surface area contributed by atoms with Crippen LogP contribution in [0.25, 0.3) is 19.3 Å². The first kappa shape index (κ1) is 14.0. The van der Waals surface area contributed by atoms with E-state index >= 15 is 0 Å². The van der Waals surface area contributed by atoms with Crippen LogP contribution in [0.15, 0.2) is 77.6 Å². The van der Waals surface area contributed by atoms with Crippen molar-refractivity contribution in [3.8, 4) is 0 Å². The summed E-state index contributed by atoms with van der Waals surface area (Å²) in [5.74, 6) is 0. The predicted octanol–water partition coefficient (Wildman–Crippen LogP) is 2.07. The molecular weight excluding hydrogens is 402 g/mol. The molecule has 0 saturated heterocycles. The van der Waals surface area contributed by atoms with Gasteiger partial charge < -0.3 is 0 Å². The zero-order valence-electron chi connectivity index (χ0n) is 11.7. The van der Waals surface area contributed by atoms with Crippen molar-refractivity contribution in [1.82, 2.24) is 0 Å². The fraction of sp³-hybridized carbons (Fsp3) is 0. The van der Waals surface area contributed by atoms with E-state index in [9.17, 15) is 4.79 Å². The van der Waals surface area contributed by atoms with Gasteiger partial charge in [0.15, 0.2) is 0 Å². The second-order valence-electron chi connectivity index (χ2n) is 4.97. The van der Waals surface area contributed by atoms with E-state index in [0.717, 1.165) is 10.8 Å². The maximum absolute atomic E-state index is 12.9. The summed E-state index contributed by atoms with van der Waals surface area (Å²) in [6, 6.07) is 24.8. The van der Waals surface area contributed by atoms with Crippen LogP contribution in [0.3, 0.4) is 0 Å². The van der Waals surface area contributed by atoms with E-state index < -0.39 is 0 Å². The van der Waals surface area contributed by atoms with Crippen LogP contribution in [-0.2, 0) is 0 Å². The number of benzene rings is 3. The number of hydrogen-bond acceptors (Lipinski definition) is 1. The van der Waals surface area contributed by atoms with Crippen molar-refractivity contribution in [2.75, 3.05) is 0 Å². The molecule has 0 radical (unpaired) electrons. The first-order valence-corrected chi connectivity index (χ1v) is 10.4. The van der Waals surface area contributed by atoms with E-state index in [1.165, 1.54) is 17.4 Å². The zero-order chi connectivity index (χ0) is 14.9. The van der Waals surface area contributed by atoms with Gasteiger partial charge in [-0.2, -0.15) is 0 Å². The van der Waals surface area contributed by atoms with E-state index in [-0.39, 0.29) is 34.9 Å². The van der Waals surface area contributed by atoms with Gasteiger partial charge in [0.1, 0.15) is 0 Å². The molecule has 22 heavy (non-hydrogen) atoms. The fourth-order valence-electron chi connectivity index (χ4n) is 2.52. The Labute approximate surface area is 140 Å². The quantitative estimate of drug-likeness (QED) is 0.363. The minimum absolute atomic E-state index is 0.171. The maximum atomic E-state index is 12.9. The molecule has 0 unspecified atom stereocenters. The second kappa shape index (κ2) is 5.87. The van der Waals surface area contributed by atoms with Gasteiger partial charge in [-0.1, -0.05) is 0 Å². The van der Waals surface area contributed by atoms with Crippen LogP contribution >= 0.6 is 0 Å². The molecule has 0 aliphatic rings. The average molecular weight is 414 g/mol. The van der Waals surface area contributed by atoms with Gasteiger partial charge in [0.05, 0.1) is 0 Å². The Morgan fingerprint density at radius 1 is 0.727 bits per heavy atom. The van der Waals surface area contributed by atoms with Crippen molar-refractivity contribution >= 4 is 57.7 Å². The fourth-order valence-corrected chi connectivity index (χ4v) is 7.26. The molecule has 0 amide bonds. The van der Waals surface area contributed by atoms with Gasteiger partial charge in [-0.25, -0.2) is 0 Å². The van der Waals surface area contributed by atoms with Crippen molar-refractivity contribution in [2.24, 2.45) is 0 Å². The van der Waals surface area contributed by atoms with E-state index in [1.807, 2.05) is 24.3 Å². The Balaban J connectivity index is 2.00. The summed E-state index contributed by atoms with van der Waals surface area (Å²) < 4.78 is 4.95. The van der Waals surface area contributed by atoms with Crippen LogP contribution in [0.2, 0.25) is 0 Å². The van der Waals surface area contributed by atoms with E-state index in [0.29, 0.717) is 0 Å². The molecule has 0 N–H and O–H groups in total. The topological polar surface area (TPSA) is 17.1 Å². The molecule has 4 rings (SSSR count). The molecule has 106 valence electrons. The minimum atomic E-state index is 0.171. The van der Waals surface area contributed by atoms with Crippen LogP contribution in [0.5, 0.6) is 0 Å². The number of fused-ring (bicyclic) bond motifs is 2. The molecule has 1 nitrogen and oxygen atoms in total. The summed E-state index contributed by atoms with van der Waals surface area (Å²) in [7, 11) is 0. The number of hydrogen-bond donors (Lipinski definition) is 0. The zero-order valence-corrected chi connectivity index (χ0v) is 15.1. The van der Waals surface area contributed by atoms with E-state index in [2.05, 4.69) is 48.5 Å². The van der Waals surface area contributed by atoms with Crippen molar-refractivity contribution in [3.05, 3.63) is 83.0 Å². The summed E-state index contributed by atoms with van der Waals surface area (Å²) in [6.45, 7) is 0. The molecule has 0 bridgehead atoms. The molecule has 4 aromatic rings. The normalized spacial score (nSPS) is 11.1. The molecule has 0 spiro atoms. The molecule has 0 fully saturated rings. The van der Waals surface area contributed by atoms with Gasteiger partial charge in [-0.05, 0) is 0 Å². The van der Waals surface area contributed by atoms with Gasteiger partial charge >= 0.3 is 141 Å². The van der Waals surface area contributed by atoms with Gasteiger partial charge in [0.2, 0.25) is 0 Å². The van der Waals surface area contributed by atoms with Crippen molar-refractivity contribution < 1.29 is 0 Å². The summed E-state index contributed by atoms with van der Waals surface area (Å²) in [5.41, 5.74) is 0.201. The third kappa shape index (κ3) is 2.47. The van der Waals surface area contributed by atoms with Crippen LogP contribution in [-0.4, -0.2) is 29.5 Å². The molecule has 3 aromatic carbocycles. The molecule has 0 aliphatic carbocycles. The summed E-state index contributed by atoms with van der Waals surface area (Å²) in [6.07, 6.45) is 0. The van der Waals surface area contributed by atoms with E-state index in [4.69, 9.17) is 0 Å².